The number of likely N-dealkylation sites (tertiary alicyclic amines) is 1. The highest BCUT2D eigenvalue weighted by atomic mass is 16.5. The van der Waals surface area contributed by atoms with Crippen molar-refractivity contribution < 1.29 is 14.1 Å². The highest BCUT2D eigenvalue weighted by Gasteiger charge is 2.35. The van der Waals surface area contributed by atoms with Crippen molar-refractivity contribution in [2.75, 3.05) is 19.7 Å². The van der Waals surface area contributed by atoms with Gasteiger partial charge in [0, 0.05) is 24.6 Å². The van der Waals surface area contributed by atoms with Crippen LogP contribution in [0.2, 0.25) is 0 Å². The molecule has 0 radical (unpaired) electrons. The number of aromatic nitrogens is 1. The minimum atomic E-state index is -0.208. The van der Waals surface area contributed by atoms with Crippen LogP contribution in [0.4, 0.5) is 0 Å². The van der Waals surface area contributed by atoms with Gasteiger partial charge in [-0.25, -0.2) is 0 Å². The number of hydrogen-bond donors (Lipinski definition) is 1. The highest BCUT2D eigenvalue weighted by molar-refractivity contribution is 5.77. The van der Waals surface area contributed by atoms with Gasteiger partial charge >= 0.3 is 0 Å². The molecule has 1 amide bonds. The maximum Gasteiger partial charge on any atom is 0.223 e. The fourth-order valence-electron chi connectivity index (χ4n) is 3.88. The molecule has 0 aromatic carbocycles. The molecule has 2 N–H and O–H groups in total. The van der Waals surface area contributed by atoms with Crippen LogP contribution in [0.25, 0.3) is 0 Å². The first-order valence-corrected chi connectivity index (χ1v) is 9.42. The molecule has 1 aromatic rings. The van der Waals surface area contributed by atoms with E-state index in [1.807, 2.05) is 0 Å². The van der Waals surface area contributed by atoms with Gasteiger partial charge in [0.05, 0.1) is 17.7 Å². The Hall–Kier alpha value is -1.40. The first-order valence-electron chi connectivity index (χ1n) is 9.42. The van der Waals surface area contributed by atoms with E-state index in [2.05, 4.69) is 36.9 Å². The lowest BCUT2D eigenvalue weighted by Crippen LogP contribution is -2.36. The minimum Gasteiger partial charge on any atom is -0.377 e. The Morgan fingerprint density at radius 2 is 2.04 bits per heavy atom. The molecule has 1 aromatic heterocycles. The maximum absolute atomic E-state index is 11.5. The Bertz CT molecular complexity index is 585. The van der Waals surface area contributed by atoms with Crippen molar-refractivity contribution in [1.82, 2.24) is 10.1 Å². The summed E-state index contributed by atoms with van der Waals surface area (Å²) >= 11 is 0. The second-order valence-corrected chi connectivity index (χ2v) is 8.59. The highest BCUT2D eigenvalue weighted by Crippen LogP contribution is 2.31. The molecule has 0 saturated carbocycles. The van der Waals surface area contributed by atoms with Gasteiger partial charge in [-0.2, -0.15) is 0 Å². The summed E-state index contributed by atoms with van der Waals surface area (Å²) in [6.45, 7) is 10.0. The largest absolute Gasteiger partial charge is 0.377 e. The molecule has 140 valence electrons. The standard InChI is InChI=1S/C19H31N3O3/c1-19(2,3)17-11-14(21-25-17)12-22-7-4-13(5-8-22)10-16-15(18(20)23)6-9-24-16/h11,13,15-16H,4-10,12H2,1-3H3,(H2,20,23)/t15-,16-/m1/s1. The van der Waals surface area contributed by atoms with Gasteiger partial charge in [-0.3, -0.25) is 9.69 Å². The van der Waals surface area contributed by atoms with Crippen molar-refractivity contribution in [3.8, 4) is 0 Å². The van der Waals surface area contributed by atoms with Crippen molar-refractivity contribution in [1.29, 1.82) is 0 Å². The molecule has 6 heteroatoms. The number of carbonyl (C=O) groups excluding carboxylic acids is 1. The second-order valence-electron chi connectivity index (χ2n) is 8.59. The van der Waals surface area contributed by atoms with E-state index in [0.717, 1.165) is 56.8 Å². The Kier molecular flexibility index (Phi) is 5.49. The van der Waals surface area contributed by atoms with Crippen LogP contribution in [0.15, 0.2) is 10.6 Å². The number of ether oxygens (including phenoxy) is 1. The van der Waals surface area contributed by atoms with Gasteiger partial charge in [-0.1, -0.05) is 25.9 Å². The van der Waals surface area contributed by atoms with Gasteiger partial charge in [-0.05, 0) is 44.7 Å². The van der Waals surface area contributed by atoms with Crippen molar-refractivity contribution in [2.45, 2.75) is 64.5 Å². The Balaban J connectivity index is 1.46. The van der Waals surface area contributed by atoms with Gasteiger partial charge in [0.1, 0.15) is 5.76 Å². The molecule has 6 nitrogen and oxygen atoms in total. The predicted octanol–water partition coefficient (Wildman–Crippen LogP) is 2.46. The molecular formula is C19H31N3O3. The topological polar surface area (TPSA) is 81.6 Å². The zero-order chi connectivity index (χ0) is 18.0. The summed E-state index contributed by atoms with van der Waals surface area (Å²) in [5.74, 6) is 1.25. The van der Waals surface area contributed by atoms with Crippen molar-refractivity contribution in [3.63, 3.8) is 0 Å². The molecule has 25 heavy (non-hydrogen) atoms. The average molecular weight is 349 g/mol. The van der Waals surface area contributed by atoms with Crippen LogP contribution < -0.4 is 5.73 Å². The molecule has 2 fully saturated rings. The van der Waals surface area contributed by atoms with Crippen LogP contribution in [-0.4, -0.2) is 41.8 Å². The monoisotopic (exact) mass is 349 g/mol. The summed E-state index contributed by atoms with van der Waals surface area (Å²) in [4.78, 5) is 13.9. The number of primary amides is 1. The van der Waals surface area contributed by atoms with Gasteiger partial charge in [0.25, 0.3) is 0 Å². The third kappa shape index (κ3) is 4.61. The fourth-order valence-corrected chi connectivity index (χ4v) is 3.88. The van der Waals surface area contributed by atoms with Crippen molar-refractivity contribution in [3.05, 3.63) is 17.5 Å². The third-order valence-electron chi connectivity index (χ3n) is 5.53. The van der Waals surface area contributed by atoms with Crippen LogP contribution >= 0.6 is 0 Å². The maximum atomic E-state index is 11.5. The van der Waals surface area contributed by atoms with Gasteiger partial charge in [0.2, 0.25) is 5.91 Å². The first-order chi connectivity index (χ1) is 11.8. The fraction of sp³-hybridized carbons (Fsp3) is 0.789. The molecule has 3 rings (SSSR count). The Morgan fingerprint density at radius 1 is 1.32 bits per heavy atom. The quantitative estimate of drug-likeness (QED) is 0.883. The number of carbonyl (C=O) groups is 1. The number of amides is 1. The summed E-state index contributed by atoms with van der Waals surface area (Å²) in [5.41, 5.74) is 6.50. The van der Waals surface area contributed by atoms with Crippen LogP contribution in [0.5, 0.6) is 0 Å². The summed E-state index contributed by atoms with van der Waals surface area (Å²) in [6, 6.07) is 2.08. The molecule has 2 saturated heterocycles. The smallest absolute Gasteiger partial charge is 0.223 e. The molecule has 2 atom stereocenters. The minimum absolute atomic E-state index is 0.00348. The van der Waals surface area contributed by atoms with Gasteiger partial charge in [-0.15, -0.1) is 0 Å². The lowest BCUT2D eigenvalue weighted by Gasteiger charge is -2.33. The van der Waals surface area contributed by atoms with E-state index < -0.39 is 0 Å². The molecule has 0 bridgehead atoms. The Morgan fingerprint density at radius 3 is 2.64 bits per heavy atom. The third-order valence-corrected chi connectivity index (χ3v) is 5.53. The van der Waals surface area contributed by atoms with E-state index in [1.54, 1.807) is 0 Å². The van der Waals surface area contributed by atoms with Crippen LogP contribution in [0.3, 0.4) is 0 Å². The predicted molar refractivity (Wildman–Crippen MR) is 94.9 cm³/mol. The van der Waals surface area contributed by atoms with Crippen LogP contribution in [0, 0.1) is 11.8 Å². The molecular weight excluding hydrogens is 318 g/mol. The van der Waals surface area contributed by atoms with Gasteiger partial charge < -0.3 is 15.0 Å². The van der Waals surface area contributed by atoms with E-state index in [1.165, 1.54) is 0 Å². The zero-order valence-corrected chi connectivity index (χ0v) is 15.7. The number of nitrogens with zero attached hydrogens (tertiary/aromatic N) is 2. The summed E-state index contributed by atoms with van der Waals surface area (Å²) in [6.07, 6.45) is 4.03. The average Bonchev–Trinajstić information content (AvgIpc) is 3.18. The number of hydrogen-bond acceptors (Lipinski definition) is 5. The molecule has 0 unspecified atom stereocenters. The molecule has 3 heterocycles. The summed E-state index contributed by atoms with van der Waals surface area (Å²) in [7, 11) is 0. The number of nitrogens with two attached hydrogens (primary N) is 1. The lowest BCUT2D eigenvalue weighted by atomic mass is 9.86. The van der Waals surface area contributed by atoms with E-state index >= 15 is 0 Å². The summed E-state index contributed by atoms with van der Waals surface area (Å²) in [5, 5.41) is 4.22. The molecule has 2 aliphatic heterocycles. The SMILES string of the molecule is CC(C)(C)c1cc(CN2CCC(C[C@H]3OCC[C@H]3C(N)=O)CC2)no1. The second kappa shape index (κ2) is 7.46. The first kappa shape index (κ1) is 18.4. The Labute approximate surface area is 150 Å². The van der Waals surface area contributed by atoms with Crippen LogP contribution in [0.1, 0.15) is 57.9 Å². The molecule has 0 spiro atoms. The van der Waals surface area contributed by atoms with Crippen molar-refractivity contribution in [2.24, 2.45) is 17.6 Å². The van der Waals surface area contributed by atoms with E-state index in [-0.39, 0.29) is 23.3 Å². The summed E-state index contributed by atoms with van der Waals surface area (Å²) < 4.78 is 11.2. The normalized spacial score (nSPS) is 26.2. The van der Waals surface area contributed by atoms with E-state index in [9.17, 15) is 4.79 Å². The van der Waals surface area contributed by atoms with E-state index in [0.29, 0.717) is 12.5 Å². The molecule has 0 aliphatic carbocycles. The number of piperidine rings is 1. The zero-order valence-electron chi connectivity index (χ0n) is 15.7. The molecule has 2 aliphatic rings. The van der Waals surface area contributed by atoms with Crippen LogP contribution in [-0.2, 0) is 21.5 Å². The van der Waals surface area contributed by atoms with E-state index in [4.69, 9.17) is 15.0 Å². The van der Waals surface area contributed by atoms with Crippen molar-refractivity contribution >= 4 is 5.91 Å². The van der Waals surface area contributed by atoms with Gasteiger partial charge in [0.15, 0.2) is 0 Å². The number of rotatable bonds is 5. The lowest BCUT2D eigenvalue weighted by molar-refractivity contribution is -0.123.